The van der Waals surface area contributed by atoms with Gasteiger partial charge in [0.15, 0.2) is 0 Å². The summed E-state index contributed by atoms with van der Waals surface area (Å²) in [5, 5.41) is 3.12. The van der Waals surface area contributed by atoms with E-state index < -0.39 is 0 Å². The second-order valence-electron chi connectivity index (χ2n) is 4.58. The van der Waals surface area contributed by atoms with E-state index >= 15 is 0 Å². The van der Waals surface area contributed by atoms with Crippen LogP contribution in [-0.4, -0.2) is 42.7 Å². The highest BCUT2D eigenvalue weighted by Gasteiger charge is 2.18. The van der Waals surface area contributed by atoms with Gasteiger partial charge in [0.25, 0.3) is 0 Å². The van der Waals surface area contributed by atoms with Crippen LogP contribution >= 0.6 is 0 Å². The van der Waals surface area contributed by atoms with Crippen molar-refractivity contribution in [1.82, 2.24) is 15.2 Å². The largest absolute Gasteiger partial charge is 0.379 e. The molecule has 0 saturated carbocycles. The Morgan fingerprint density at radius 2 is 2.41 bits per heavy atom. The molecule has 0 bridgehead atoms. The number of hydrogen-bond donors (Lipinski definition) is 1. The Labute approximate surface area is 103 Å². The maximum absolute atomic E-state index is 5.43. The Hall–Kier alpha value is -0.970. The summed E-state index contributed by atoms with van der Waals surface area (Å²) in [4.78, 5) is 6.92. The summed E-state index contributed by atoms with van der Waals surface area (Å²) in [6.07, 6.45) is 1.96. The van der Waals surface area contributed by atoms with E-state index in [0.29, 0.717) is 6.04 Å². The zero-order valence-electron chi connectivity index (χ0n) is 10.6. The molecule has 4 heteroatoms. The third-order valence-corrected chi connectivity index (χ3v) is 3.14. The molecule has 0 spiro atoms. The van der Waals surface area contributed by atoms with Gasteiger partial charge in [0.2, 0.25) is 0 Å². The van der Waals surface area contributed by atoms with Crippen LogP contribution < -0.4 is 5.32 Å². The first-order valence-electron chi connectivity index (χ1n) is 6.20. The number of nitrogens with one attached hydrogen (secondary N) is 1. The highest BCUT2D eigenvalue weighted by atomic mass is 16.5. The fourth-order valence-corrected chi connectivity index (χ4v) is 2.06. The molecule has 4 nitrogen and oxygen atoms in total. The van der Waals surface area contributed by atoms with E-state index in [1.165, 1.54) is 5.56 Å². The Bertz CT molecular complexity index is 339. The molecule has 1 unspecified atom stereocenters. The van der Waals surface area contributed by atoms with Crippen molar-refractivity contribution in [2.24, 2.45) is 0 Å². The van der Waals surface area contributed by atoms with Gasteiger partial charge >= 0.3 is 0 Å². The van der Waals surface area contributed by atoms with Crippen LogP contribution in [0.25, 0.3) is 0 Å². The van der Waals surface area contributed by atoms with Gasteiger partial charge in [-0.05, 0) is 25.6 Å². The molecule has 17 heavy (non-hydrogen) atoms. The third-order valence-electron chi connectivity index (χ3n) is 3.14. The molecule has 1 fully saturated rings. The summed E-state index contributed by atoms with van der Waals surface area (Å²) >= 11 is 0. The highest BCUT2D eigenvalue weighted by Crippen LogP contribution is 2.10. The molecule has 2 heterocycles. The Balaban J connectivity index is 1.93. The molecule has 1 atom stereocenters. The Morgan fingerprint density at radius 1 is 1.53 bits per heavy atom. The summed E-state index contributed by atoms with van der Waals surface area (Å²) < 4.78 is 5.43. The second kappa shape index (κ2) is 6.10. The van der Waals surface area contributed by atoms with Gasteiger partial charge < -0.3 is 10.1 Å². The SMILES string of the molecule is CNCc1ccc(CN2CCOCC2C)nc1. The van der Waals surface area contributed by atoms with Gasteiger partial charge in [-0.3, -0.25) is 9.88 Å². The van der Waals surface area contributed by atoms with Crippen LogP contribution in [0, 0.1) is 0 Å². The first kappa shape index (κ1) is 12.5. The number of morpholine rings is 1. The fraction of sp³-hybridized carbons (Fsp3) is 0.615. The lowest BCUT2D eigenvalue weighted by Crippen LogP contribution is -2.43. The predicted octanol–water partition coefficient (Wildman–Crippen LogP) is 1.02. The second-order valence-corrected chi connectivity index (χ2v) is 4.58. The van der Waals surface area contributed by atoms with Crippen molar-refractivity contribution in [1.29, 1.82) is 0 Å². The lowest BCUT2D eigenvalue weighted by atomic mass is 10.2. The number of ether oxygens (including phenoxy) is 1. The lowest BCUT2D eigenvalue weighted by molar-refractivity contribution is -0.00491. The van der Waals surface area contributed by atoms with Crippen molar-refractivity contribution in [3.05, 3.63) is 29.6 Å². The number of pyridine rings is 1. The van der Waals surface area contributed by atoms with Gasteiger partial charge in [-0.15, -0.1) is 0 Å². The van der Waals surface area contributed by atoms with Crippen molar-refractivity contribution in [2.45, 2.75) is 26.1 Å². The van der Waals surface area contributed by atoms with Crippen LogP contribution in [0.2, 0.25) is 0 Å². The average Bonchev–Trinajstić information content (AvgIpc) is 2.35. The minimum atomic E-state index is 0.488. The maximum Gasteiger partial charge on any atom is 0.0619 e. The van der Waals surface area contributed by atoms with Crippen molar-refractivity contribution in [3.8, 4) is 0 Å². The van der Waals surface area contributed by atoms with Crippen LogP contribution in [0.15, 0.2) is 18.3 Å². The molecule has 1 aliphatic heterocycles. The molecule has 0 aromatic carbocycles. The molecule has 1 aromatic heterocycles. The normalized spacial score (nSPS) is 21.6. The van der Waals surface area contributed by atoms with Gasteiger partial charge in [0.05, 0.1) is 18.9 Å². The van der Waals surface area contributed by atoms with Gasteiger partial charge in [0.1, 0.15) is 0 Å². The van der Waals surface area contributed by atoms with Crippen molar-refractivity contribution in [2.75, 3.05) is 26.8 Å². The summed E-state index contributed by atoms with van der Waals surface area (Å²) in [5.74, 6) is 0. The number of aromatic nitrogens is 1. The molecule has 0 radical (unpaired) electrons. The first-order valence-corrected chi connectivity index (χ1v) is 6.20. The van der Waals surface area contributed by atoms with Gasteiger partial charge in [-0.2, -0.15) is 0 Å². The number of hydrogen-bond acceptors (Lipinski definition) is 4. The maximum atomic E-state index is 5.43. The van der Waals surface area contributed by atoms with E-state index in [-0.39, 0.29) is 0 Å². The predicted molar refractivity (Wildman–Crippen MR) is 67.7 cm³/mol. The molecule has 1 aromatic rings. The van der Waals surface area contributed by atoms with E-state index in [1.54, 1.807) is 0 Å². The summed E-state index contributed by atoms with van der Waals surface area (Å²) in [5.41, 5.74) is 2.37. The minimum Gasteiger partial charge on any atom is -0.379 e. The van der Waals surface area contributed by atoms with Crippen molar-refractivity contribution >= 4 is 0 Å². The van der Waals surface area contributed by atoms with E-state index in [0.717, 1.165) is 38.5 Å². The standard InChI is InChI=1S/C13H21N3O/c1-11-10-17-6-5-16(11)9-13-4-3-12(7-14-2)8-15-13/h3-4,8,11,14H,5-7,9-10H2,1-2H3. The van der Waals surface area contributed by atoms with Gasteiger partial charge in [0, 0.05) is 31.9 Å². The van der Waals surface area contributed by atoms with E-state index in [9.17, 15) is 0 Å². The van der Waals surface area contributed by atoms with E-state index in [1.807, 2.05) is 13.2 Å². The van der Waals surface area contributed by atoms with Crippen molar-refractivity contribution < 1.29 is 4.74 Å². The first-order chi connectivity index (χ1) is 8.29. The zero-order chi connectivity index (χ0) is 12.1. The van der Waals surface area contributed by atoms with Crippen LogP contribution in [0.4, 0.5) is 0 Å². The molecular formula is C13H21N3O. The van der Waals surface area contributed by atoms with E-state index in [2.05, 4.69) is 34.3 Å². The van der Waals surface area contributed by atoms with Crippen LogP contribution in [0.5, 0.6) is 0 Å². The van der Waals surface area contributed by atoms with Crippen LogP contribution in [0.3, 0.4) is 0 Å². The summed E-state index contributed by atoms with van der Waals surface area (Å²) in [7, 11) is 1.95. The topological polar surface area (TPSA) is 37.4 Å². The lowest BCUT2D eigenvalue weighted by Gasteiger charge is -2.32. The molecule has 0 amide bonds. The molecule has 1 aliphatic rings. The smallest absolute Gasteiger partial charge is 0.0619 e. The molecule has 1 N–H and O–H groups in total. The fourth-order valence-electron chi connectivity index (χ4n) is 2.06. The Morgan fingerprint density at radius 3 is 3.06 bits per heavy atom. The molecular weight excluding hydrogens is 214 g/mol. The molecule has 0 aliphatic carbocycles. The molecule has 94 valence electrons. The highest BCUT2D eigenvalue weighted by molar-refractivity contribution is 5.14. The summed E-state index contributed by atoms with van der Waals surface area (Å²) in [6.45, 7) is 6.67. The van der Waals surface area contributed by atoms with Gasteiger partial charge in [-0.25, -0.2) is 0 Å². The minimum absolute atomic E-state index is 0.488. The van der Waals surface area contributed by atoms with Gasteiger partial charge in [-0.1, -0.05) is 6.07 Å². The average molecular weight is 235 g/mol. The van der Waals surface area contributed by atoms with Crippen molar-refractivity contribution in [3.63, 3.8) is 0 Å². The summed E-state index contributed by atoms with van der Waals surface area (Å²) in [6, 6.07) is 4.75. The van der Waals surface area contributed by atoms with Crippen LogP contribution in [0.1, 0.15) is 18.2 Å². The third kappa shape index (κ3) is 3.49. The number of nitrogens with zero attached hydrogens (tertiary/aromatic N) is 2. The zero-order valence-corrected chi connectivity index (χ0v) is 10.6. The van der Waals surface area contributed by atoms with E-state index in [4.69, 9.17) is 4.74 Å². The monoisotopic (exact) mass is 235 g/mol. The Kier molecular flexibility index (Phi) is 4.48. The molecule has 2 rings (SSSR count). The number of rotatable bonds is 4. The molecule has 1 saturated heterocycles. The van der Waals surface area contributed by atoms with Crippen LogP contribution in [-0.2, 0) is 17.8 Å². The quantitative estimate of drug-likeness (QED) is 0.845.